The Labute approximate surface area is 151 Å². The Morgan fingerprint density at radius 1 is 0.840 bits per heavy atom. The van der Waals surface area contributed by atoms with Gasteiger partial charge in [-0.25, -0.2) is 0 Å². The van der Waals surface area contributed by atoms with Gasteiger partial charge in [0.1, 0.15) is 0 Å². The Bertz CT molecular complexity index is 878. The third kappa shape index (κ3) is 5.10. The number of allylic oxidation sites excluding steroid dienone is 6. The van der Waals surface area contributed by atoms with Crippen molar-refractivity contribution >= 4 is 0 Å². The second-order valence-electron chi connectivity index (χ2n) is 6.47. The first-order valence-corrected chi connectivity index (χ1v) is 8.97. The summed E-state index contributed by atoms with van der Waals surface area (Å²) in [6.07, 6.45) is 12.0. The fourth-order valence-electron chi connectivity index (χ4n) is 2.86. The molecule has 0 N–H and O–H groups in total. The third-order valence-corrected chi connectivity index (χ3v) is 4.43. The van der Waals surface area contributed by atoms with Gasteiger partial charge in [0.05, 0.1) is 0 Å². The molecule has 0 aliphatic heterocycles. The maximum Gasteiger partial charge on any atom is 0.0251 e. The molecule has 0 heterocycles. The van der Waals surface area contributed by atoms with Crippen molar-refractivity contribution in [2.45, 2.75) is 33.1 Å². The Hall–Kier alpha value is -2.78. The van der Waals surface area contributed by atoms with Crippen molar-refractivity contribution < 1.29 is 0 Å². The SMILES string of the molecule is CCc1ccc(C#Cc2cccc(CC3=CCC=C(C)C=C3)c2)cc1. The van der Waals surface area contributed by atoms with Gasteiger partial charge in [-0.15, -0.1) is 0 Å². The largest absolute Gasteiger partial charge is 0.0778 e. The standard InChI is InChI=1S/C25H24/c1-3-21-12-14-22(15-13-21)16-17-24-8-5-9-25(19-24)18-23-7-4-6-20(2)10-11-23/h5-15,19H,3-4,18H2,1-2H3. The fraction of sp³-hybridized carbons (Fsp3) is 0.200. The summed E-state index contributed by atoms with van der Waals surface area (Å²) in [5, 5.41) is 0. The molecule has 1 aliphatic carbocycles. The van der Waals surface area contributed by atoms with Crippen molar-refractivity contribution in [3.63, 3.8) is 0 Å². The fourth-order valence-corrected chi connectivity index (χ4v) is 2.86. The molecule has 25 heavy (non-hydrogen) atoms. The van der Waals surface area contributed by atoms with E-state index in [1.54, 1.807) is 0 Å². The van der Waals surface area contributed by atoms with E-state index in [1.807, 2.05) is 0 Å². The zero-order chi connectivity index (χ0) is 17.5. The van der Waals surface area contributed by atoms with E-state index in [4.69, 9.17) is 0 Å². The molecule has 0 heteroatoms. The maximum atomic E-state index is 3.30. The zero-order valence-corrected chi connectivity index (χ0v) is 15.0. The Morgan fingerprint density at radius 2 is 1.64 bits per heavy atom. The second kappa shape index (κ2) is 8.36. The summed E-state index contributed by atoms with van der Waals surface area (Å²) < 4.78 is 0. The van der Waals surface area contributed by atoms with E-state index in [0.29, 0.717) is 0 Å². The van der Waals surface area contributed by atoms with Gasteiger partial charge in [-0.2, -0.15) is 0 Å². The smallest absolute Gasteiger partial charge is 0.0251 e. The topological polar surface area (TPSA) is 0 Å². The first-order chi connectivity index (χ1) is 12.2. The van der Waals surface area contributed by atoms with Gasteiger partial charge in [-0.05, 0) is 67.2 Å². The molecule has 0 bridgehead atoms. The lowest BCUT2D eigenvalue weighted by Gasteiger charge is -2.03. The van der Waals surface area contributed by atoms with Crippen LogP contribution in [0.15, 0.2) is 84.0 Å². The lowest BCUT2D eigenvalue weighted by atomic mass is 10.0. The third-order valence-electron chi connectivity index (χ3n) is 4.43. The molecule has 2 aromatic carbocycles. The van der Waals surface area contributed by atoms with Gasteiger partial charge in [0, 0.05) is 11.1 Å². The van der Waals surface area contributed by atoms with Gasteiger partial charge in [0.15, 0.2) is 0 Å². The first kappa shape index (κ1) is 17.1. The summed E-state index contributed by atoms with van der Waals surface area (Å²) >= 11 is 0. The summed E-state index contributed by atoms with van der Waals surface area (Å²) in [6.45, 7) is 4.32. The summed E-state index contributed by atoms with van der Waals surface area (Å²) in [7, 11) is 0. The Kier molecular flexibility index (Phi) is 5.70. The molecular weight excluding hydrogens is 300 g/mol. The van der Waals surface area contributed by atoms with Gasteiger partial charge in [-0.3, -0.25) is 0 Å². The highest BCUT2D eigenvalue weighted by Gasteiger charge is 2.00. The van der Waals surface area contributed by atoms with Gasteiger partial charge in [-0.1, -0.05) is 72.9 Å². The lowest BCUT2D eigenvalue weighted by Crippen LogP contribution is -1.89. The van der Waals surface area contributed by atoms with E-state index >= 15 is 0 Å². The molecule has 0 saturated carbocycles. The highest BCUT2D eigenvalue weighted by Crippen LogP contribution is 2.16. The predicted molar refractivity (Wildman–Crippen MR) is 108 cm³/mol. The van der Waals surface area contributed by atoms with Gasteiger partial charge < -0.3 is 0 Å². The van der Waals surface area contributed by atoms with Crippen LogP contribution in [0.4, 0.5) is 0 Å². The molecular formula is C25H24. The number of rotatable bonds is 3. The van der Waals surface area contributed by atoms with Crippen LogP contribution in [0.3, 0.4) is 0 Å². The lowest BCUT2D eigenvalue weighted by molar-refractivity contribution is 1.14. The predicted octanol–water partition coefficient (Wildman–Crippen LogP) is 6.02. The van der Waals surface area contributed by atoms with Crippen LogP contribution in [0.1, 0.15) is 42.5 Å². The number of benzene rings is 2. The van der Waals surface area contributed by atoms with E-state index in [1.165, 1.54) is 22.3 Å². The Morgan fingerprint density at radius 3 is 2.44 bits per heavy atom. The minimum atomic E-state index is 0.957. The van der Waals surface area contributed by atoms with Crippen LogP contribution in [0.5, 0.6) is 0 Å². The molecule has 0 atom stereocenters. The molecule has 124 valence electrons. The summed E-state index contributed by atoms with van der Waals surface area (Å²) in [4.78, 5) is 0. The summed E-state index contributed by atoms with van der Waals surface area (Å²) in [5.74, 6) is 6.57. The van der Waals surface area contributed by atoms with Crippen molar-refractivity contribution in [2.24, 2.45) is 0 Å². The molecule has 0 fully saturated rings. The van der Waals surface area contributed by atoms with Crippen molar-refractivity contribution in [2.75, 3.05) is 0 Å². The average molecular weight is 324 g/mol. The minimum Gasteiger partial charge on any atom is -0.0778 e. The van der Waals surface area contributed by atoms with E-state index < -0.39 is 0 Å². The monoisotopic (exact) mass is 324 g/mol. The van der Waals surface area contributed by atoms with Gasteiger partial charge >= 0.3 is 0 Å². The Balaban J connectivity index is 1.72. The molecule has 1 aliphatic rings. The maximum absolute atomic E-state index is 3.30. The van der Waals surface area contributed by atoms with Crippen molar-refractivity contribution in [3.05, 3.63) is 106 Å². The van der Waals surface area contributed by atoms with Crippen LogP contribution in [0.25, 0.3) is 0 Å². The van der Waals surface area contributed by atoms with Crippen molar-refractivity contribution in [1.82, 2.24) is 0 Å². The van der Waals surface area contributed by atoms with E-state index in [9.17, 15) is 0 Å². The van der Waals surface area contributed by atoms with Crippen LogP contribution in [0.2, 0.25) is 0 Å². The minimum absolute atomic E-state index is 0.957. The average Bonchev–Trinajstić information content (AvgIpc) is 2.85. The molecule has 0 aromatic heterocycles. The molecule has 0 spiro atoms. The quantitative estimate of drug-likeness (QED) is 0.605. The molecule has 0 radical (unpaired) electrons. The normalized spacial score (nSPS) is 13.4. The van der Waals surface area contributed by atoms with Crippen LogP contribution < -0.4 is 0 Å². The summed E-state index contributed by atoms with van der Waals surface area (Å²) in [5.41, 5.74) is 7.50. The second-order valence-corrected chi connectivity index (χ2v) is 6.47. The number of hydrogen-bond donors (Lipinski definition) is 0. The molecule has 0 unspecified atom stereocenters. The highest BCUT2D eigenvalue weighted by molar-refractivity contribution is 5.45. The van der Waals surface area contributed by atoms with Crippen LogP contribution in [-0.2, 0) is 12.8 Å². The van der Waals surface area contributed by atoms with Gasteiger partial charge in [0.25, 0.3) is 0 Å². The highest BCUT2D eigenvalue weighted by atomic mass is 14.0. The molecule has 2 aromatic rings. The van der Waals surface area contributed by atoms with Gasteiger partial charge in [0.2, 0.25) is 0 Å². The molecule has 0 amide bonds. The van der Waals surface area contributed by atoms with E-state index in [0.717, 1.165) is 30.4 Å². The zero-order valence-electron chi connectivity index (χ0n) is 15.0. The van der Waals surface area contributed by atoms with Crippen LogP contribution >= 0.6 is 0 Å². The number of aryl methyl sites for hydroxylation is 1. The van der Waals surface area contributed by atoms with E-state index in [-0.39, 0.29) is 0 Å². The van der Waals surface area contributed by atoms with Crippen LogP contribution in [0, 0.1) is 11.8 Å². The van der Waals surface area contributed by atoms with E-state index in [2.05, 4.69) is 98.5 Å². The first-order valence-electron chi connectivity index (χ1n) is 8.97. The number of hydrogen-bond acceptors (Lipinski definition) is 0. The summed E-state index contributed by atoms with van der Waals surface area (Å²) in [6, 6.07) is 17.1. The van der Waals surface area contributed by atoms with Crippen LogP contribution in [-0.4, -0.2) is 0 Å². The molecule has 3 rings (SSSR count). The molecule has 0 saturated heterocycles. The van der Waals surface area contributed by atoms with Crippen molar-refractivity contribution in [1.29, 1.82) is 0 Å². The van der Waals surface area contributed by atoms with Crippen molar-refractivity contribution in [3.8, 4) is 11.8 Å². The molecule has 0 nitrogen and oxygen atoms in total.